The molecule has 1 unspecified atom stereocenters. The monoisotopic (exact) mass is 447 g/mol. The Kier molecular flexibility index (Phi) is 10.3. The lowest BCUT2D eigenvalue weighted by atomic mass is 10.1. The highest BCUT2D eigenvalue weighted by molar-refractivity contribution is 5.92. The van der Waals surface area contributed by atoms with Gasteiger partial charge in [0.2, 0.25) is 17.6 Å². The van der Waals surface area contributed by atoms with Gasteiger partial charge in [-0.15, -0.1) is 0 Å². The first-order chi connectivity index (χ1) is 15.4. The van der Waals surface area contributed by atoms with Crippen molar-refractivity contribution in [1.29, 1.82) is 0 Å². The number of ether oxygens (including phenoxy) is 3. The van der Waals surface area contributed by atoms with Crippen molar-refractivity contribution in [3.63, 3.8) is 0 Å². The van der Waals surface area contributed by atoms with Crippen molar-refractivity contribution in [1.82, 2.24) is 15.1 Å². The second-order valence-corrected chi connectivity index (χ2v) is 7.83. The Balaban J connectivity index is 1.90. The molecular weight excluding hydrogens is 410 g/mol. The Labute approximate surface area is 191 Å². The number of hydrogen-bond donors (Lipinski definition) is 1. The van der Waals surface area contributed by atoms with Crippen LogP contribution in [0.15, 0.2) is 18.2 Å². The molecule has 178 valence electrons. The summed E-state index contributed by atoms with van der Waals surface area (Å²) in [6, 6.07) is 3.40. The van der Waals surface area contributed by atoms with Gasteiger partial charge in [0.05, 0.1) is 27.4 Å². The van der Waals surface area contributed by atoms with Crippen LogP contribution in [0, 0.1) is 0 Å². The lowest BCUT2D eigenvalue weighted by molar-refractivity contribution is -0.130. The Bertz CT molecular complexity index is 763. The van der Waals surface area contributed by atoms with Gasteiger partial charge in [0.25, 0.3) is 0 Å². The Morgan fingerprint density at radius 3 is 2.19 bits per heavy atom. The minimum Gasteiger partial charge on any atom is -0.493 e. The van der Waals surface area contributed by atoms with Crippen molar-refractivity contribution < 1.29 is 23.8 Å². The molecule has 32 heavy (non-hydrogen) atoms. The van der Waals surface area contributed by atoms with Crippen LogP contribution in [-0.4, -0.2) is 81.7 Å². The third-order valence-corrected chi connectivity index (χ3v) is 5.74. The van der Waals surface area contributed by atoms with Crippen molar-refractivity contribution in [3.8, 4) is 17.2 Å². The summed E-state index contributed by atoms with van der Waals surface area (Å²) in [7, 11) is 4.67. The maximum atomic E-state index is 12.7. The van der Waals surface area contributed by atoms with Gasteiger partial charge >= 0.3 is 0 Å². The molecule has 1 atom stereocenters. The third-order valence-electron chi connectivity index (χ3n) is 5.74. The number of rotatable bonds is 11. The van der Waals surface area contributed by atoms with E-state index in [1.807, 2.05) is 6.92 Å². The highest BCUT2D eigenvalue weighted by Gasteiger charge is 2.26. The van der Waals surface area contributed by atoms with Crippen molar-refractivity contribution in [2.45, 2.75) is 39.2 Å². The molecule has 1 fully saturated rings. The fourth-order valence-electron chi connectivity index (χ4n) is 3.70. The van der Waals surface area contributed by atoms with E-state index in [2.05, 4.69) is 17.1 Å². The van der Waals surface area contributed by atoms with Crippen LogP contribution in [0.4, 0.5) is 0 Å². The summed E-state index contributed by atoms with van der Waals surface area (Å²) in [5.41, 5.74) is 0.778. The molecule has 2 amide bonds. The molecule has 0 radical (unpaired) electrons. The van der Waals surface area contributed by atoms with Crippen molar-refractivity contribution in [2.24, 2.45) is 0 Å². The molecule has 1 aromatic carbocycles. The van der Waals surface area contributed by atoms with Gasteiger partial charge in [-0.2, -0.15) is 0 Å². The largest absolute Gasteiger partial charge is 0.493 e. The van der Waals surface area contributed by atoms with Gasteiger partial charge in [0.15, 0.2) is 11.5 Å². The number of nitrogens with one attached hydrogen (secondary N) is 1. The van der Waals surface area contributed by atoms with Crippen molar-refractivity contribution >= 4 is 17.9 Å². The van der Waals surface area contributed by atoms with E-state index >= 15 is 0 Å². The van der Waals surface area contributed by atoms with E-state index < -0.39 is 0 Å². The normalized spacial score (nSPS) is 15.5. The van der Waals surface area contributed by atoms with Crippen LogP contribution in [0.2, 0.25) is 0 Å². The summed E-state index contributed by atoms with van der Waals surface area (Å²) < 4.78 is 16.1. The SMILES string of the molecule is CCCCCNC(=O)C(C)N1CCN(C(=O)C=Cc2cc(OC)c(OC)c(OC)c2)CC1. The lowest BCUT2D eigenvalue weighted by Crippen LogP contribution is -2.54. The summed E-state index contributed by atoms with van der Waals surface area (Å²) in [6.07, 6.45) is 6.57. The summed E-state index contributed by atoms with van der Waals surface area (Å²) >= 11 is 0. The Morgan fingerprint density at radius 2 is 1.66 bits per heavy atom. The molecule has 1 N–H and O–H groups in total. The van der Waals surface area contributed by atoms with Crippen molar-refractivity contribution in [3.05, 3.63) is 23.8 Å². The maximum Gasteiger partial charge on any atom is 0.246 e. The van der Waals surface area contributed by atoms with Crippen LogP contribution in [0.5, 0.6) is 17.2 Å². The van der Waals surface area contributed by atoms with Gasteiger partial charge < -0.3 is 24.4 Å². The molecule has 0 spiro atoms. The zero-order valence-corrected chi connectivity index (χ0v) is 20.0. The Hall–Kier alpha value is -2.74. The summed E-state index contributed by atoms with van der Waals surface area (Å²) in [5.74, 6) is 1.58. The van der Waals surface area contributed by atoms with Crippen LogP contribution >= 0.6 is 0 Å². The number of hydrogen-bond acceptors (Lipinski definition) is 6. The summed E-state index contributed by atoms with van der Waals surface area (Å²) in [4.78, 5) is 29.0. The summed E-state index contributed by atoms with van der Waals surface area (Å²) in [6.45, 7) is 7.32. The molecule has 1 saturated heterocycles. The highest BCUT2D eigenvalue weighted by Crippen LogP contribution is 2.38. The van der Waals surface area contributed by atoms with E-state index in [-0.39, 0.29) is 17.9 Å². The zero-order chi connectivity index (χ0) is 23.5. The molecule has 1 aromatic rings. The topological polar surface area (TPSA) is 80.3 Å². The smallest absolute Gasteiger partial charge is 0.246 e. The molecule has 1 aliphatic heterocycles. The first-order valence-electron chi connectivity index (χ1n) is 11.2. The average Bonchev–Trinajstić information content (AvgIpc) is 2.83. The van der Waals surface area contributed by atoms with Gasteiger partial charge in [0, 0.05) is 38.8 Å². The number of carbonyl (C=O) groups is 2. The number of unbranched alkanes of at least 4 members (excludes halogenated alkanes) is 2. The first kappa shape index (κ1) is 25.5. The lowest BCUT2D eigenvalue weighted by Gasteiger charge is -2.37. The highest BCUT2D eigenvalue weighted by atomic mass is 16.5. The third kappa shape index (κ3) is 6.88. The molecule has 0 bridgehead atoms. The van der Waals surface area contributed by atoms with Crippen LogP contribution in [0.1, 0.15) is 38.7 Å². The van der Waals surface area contributed by atoms with Gasteiger partial charge in [-0.25, -0.2) is 0 Å². The van der Waals surface area contributed by atoms with Crippen LogP contribution < -0.4 is 19.5 Å². The van der Waals surface area contributed by atoms with Gasteiger partial charge in [-0.05, 0) is 37.1 Å². The molecular formula is C24H37N3O5. The molecule has 8 nitrogen and oxygen atoms in total. The molecule has 0 aromatic heterocycles. The molecule has 0 saturated carbocycles. The van der Waals surface area contributed by atoms with E-state index in [1.54, 1.807) is 50.5 Å². The Morgan fingerprint density at radius 1 is 1.03 bits per heavy atom. The van der Waals surface area contributed by atoms with E-state index in [0.717, 1.165) is 31.4 Å². The quantitative estimate of drug-likeness (QED) is 0.415. The average molecular weight is 448 g/mol. The fraction of sp³-hybridized carbons (Fsp3) is 0.583. The minimum atomic E-state index is -0.191. The molecule has 8 heteroatoms. The fourth-order valence-corrected chi connectivity index (χ4v) is 3.70. The second kappa shape index (κ2) is 13.0. The van der Waals surface area contributed by atoms with Crippen LogP contribution in [0.25, 0.3) is 6.08 Å². The number of carbonyl (C=O) groups excluding carboxylic acids is 2. The van der Waals surface area contributed by atoms with Crippen molar-refractivity contribution in [2.75, 3.05) is 54.1 Å². The van der Waals surface area contributed by atoms with E-state index in [9.17, 15) is 9.59 Å². The van der Waals surface area contributed by atoms with Gasteiger partial charge in [-0.3, -0.25) is 14.5 Å². The predicted molar refractivity (Wildman–Crippen MR) is 125 cm³/mol. The minimum absolute atomic E-state index is 0.0585. The standard InChI is InChI=1S/C24H37N3O5/c1-6-7-8-11-25-24(29)18(2)26-12-14-27(15-13-26)22(28)10-9-19-16-20(30-3)23(32-5)21(17-19)31-4/h9-10,16-18H,6-8,11-15H2,1-5H3,(H,25,29). The van der Waals surface area contributed by atoms with Crippen LogP contribution in [-0.2, 0) is 9.59 Å². The predicted octanol–water partition coefficient (Wildman–Crippen LogP) is 2.56. The molecule has 0 aliphatic carbocycles. The number of piperazine rings is 1. The molecule has 1 heterocycles. The molecule has 1 aliphatic rings. The first-order valence-corrected chi connectivity index (χ1v) is 11.2. The molecule has 2 rings (SSSR count). The number of amides is 2. The van der Waals surface area contributed by atoms with Gasteiger partial charge in [0.1, 0.15) is 0 Å². The summed E-state index contributed by atoms with van der Waals surface area (Å²) in [5, 5.41) is 3.01. The van der Waals surface area contributed by atoms with Crippen LogP contribution in [0.3, 0.4) is 0 Å². The number of nitrogens with zero attached hydrogens (tertiary/aromatic N) is 2. The zero-order valence-electron chi connectivity index (χ0n) is 20.0. The maximum absolute atomic E-state index is 12.7. The number of benzene rings is 1. The van der Waals surface area contributed by atoms with E-state index in [4.69, 9.17) is 14.2 Å². The number of methoxy groups -OCH3 is 3. The van der Waals surface area contributed by atoms with E-state index in [1.165, 1.54) is 0 Å². The van der Waals surface area contributed by atoms with E-state index in [0.29, 0.717) is 43.4 Å². The van der Waals surface area contributed by atoms with Gasteiger partial charge in [-0.1, -0.05) is 19.8 Å². The second-order valence-electron chi connectivity index (χ2n) is 7.83.